The van der Waals surface area contributed by atoms with Gasteiger partial charge in [0.25, 0.3) is 0 Å². The quantitative estimate of drug-likeness (QED) is 0.335. The van der Waals surface area contributed by atoms with Crippen LogP contribution in [0.2, 0.25) is 0 Å². The molecule has 2 aliphatic heterocycles. The van der Waals surface area contributed by atoms with Crippen LogP contribution in [-0.2, 0) is 14.3 Å². The van der Waals surface area contributed by atoms with Crippen LogP contribution in [0.25, 0.3) is 0 Å². The fourth-order valence-corrected chi connectivity index (χ4v) is 7.44. The van der Waals surface area contributed by atoms with E-state index in [1.165, 1.54) is 38.3 Å². The lowest BCUT2D eigenvalue weighted by atomic mass is 9.81. The van der Waals surface area contributed by atoms with Gasteiger partial charge in [0.15, 0.2) is 5.90 Å². The Morgan fingerprint density at radius 2 is 1.77 bits per heavy atom. The highest BCUT2D eigenvalue weighted by atomic mass is 16.5. The summed E-state index contributed by atoms with van der Waals surface area (Å²) >= 11 is 0. The van der Waals surface area contributed by atoms with E-state index in [2.05, 4.69) is 30.1 Å². The van der Waals surface area contributed by atoms with E-state index in [9.17, 15) is 9.59 Å². The molecule has 0 spiro atoms. The number of carbonyl (C=O) groups excluding carboxylic acids is 2. The smallest absolute Gasteiger partial charge is 0.223 e. The third-order valence-corrected chi connectivity index (χ3v) is 10.1. The van der Waals surface area contributed by atoms with Crippen molar-refractivity contribution in [1.82, 2.24) is 10.2 Å². The Bertz CT molecular complexity index is 1020. The van der Waals surface area contributed by atoms with Crippen molar-refractivity contribution >= 4 is 23.9 Å². The van der Waals surface area contributed by atoms with Gasteiger partial charge in [0, 0.05) is 50.5 Å². The molecule has 3 aliphatic carbocycles. The zero-order valence-corrected chi connectivity index (χ0v) is 24.8. The summed E-state index contributed by atoms with van der Waals surface area (Å²) in [6, 6.07) is 0.00798. The van der Waals surface area contributed by atoms with Crippen LogP contribution >= 0.6 is 0 Å². The molecule has 5 rings (SSSR count). The molecule has 40 heavy (non-hydrogen) atoms. The molecule has 2 saturated carbocycles. The molecule has 0 bridgehead atoms. The van der Waals surface area contributed by atoms with Crippen molar-refractivity contribution in [3.63, 3.8) is 0 Å². The average Bonchev–Trinajstić information content (AvgIpc) is 3.43. The van der Waals surface area contributed by atoms with Gasteiger partial charge in [-0.15, -0.1) is 0 Å². The Morgan fingerprint density at radius 1 is 1.05 bits per heavy atom. The van der Waals surface area contributed by atoms with Crippen LogP contribution in [0, 0.1) is 35.0 Å². The first-order chi connectivity index (χ1) is 19.4. The Balaban J connectivity index is 1.00. The zero-order chi connectivity index (χ0) is 28.1. The SMILES string of the molecule is CC(C)C1=C2OC(C3CCC(C(=O)NCC4CCN(C(=O)CCC5CCCCC5)CC4)CC3)=NC2CC(C=N)=C1. The molecule has 2 N–H and O–H groups in total. The molecule has 0 aromatic heterocycles. The van der Waals surface area contributed by atoms with Crippen molar-refractivity contribution in [2.75, 3.05) is 19.6 Å². The van der Waals surface area contributed by atoms with Gasteiger partial charge >= 0.3 is 0 Å². The van der Waals surface area contributed by atoms with Crippen molar-refractivity contribution in [1.29, 1.82) is 5.41 Å². The number of piperidine rings is 1. The topological polar surface area (TPSA) is 94.8 Å². The van der Waals surface area contributed by atoms with Crippen LogP contribution in [0.1, 0.15) is 104 Å². The van der Waals surface area contributed by atoms with Crippen LogP contribution in [-0.4, -0.2) is 54.5 Å². The van der Waals surface area contributed by atoms with Gasteiger partial charge in [-0.2, -0.15) is 0 Å². The first-order valence-corrected chi connectivity index (χ1v) is 16.2. The van der Waals surface area contributed by atoms with E-state index < -0.39 is 0 Å². The Morgan fingerprint density at radius 3 is 2.45 bits per heavy atom. The molecule has 2 heterocycles. The standard InChI is InChI=1S/C33H50N4O3/c1-22(2)28-18-25(20-34)19-29-31(28)40-33(36-29)27-11-9-26(10-12-27)32(39)35-21-24-14-16-37(17-15-24)30(38)13-8-23-6-4-3-5-7-23/h18,20,22-24,26-27,29,34H,3-17,19,21H2,1-2H3,(H,35,39). The fourth-order valence-electron chi connectivity index (χ4n) is 7.44. The summed E-state index contributed by atoms with van der Waals surface area (Å²) in [4.78, 5) is 32.7. The maximum absolute atomic E-state index is 13.0. The monoisotopic (exact) mass is 550 g/mol. The van der Waals surface area contributed by atoms with Gasteiger partial charge in [-0.05, 0) is 73.8 Å². The number of nitrogens with zero attached hydrogens (tertiary/aromatic N) is 2. The van der Waals surface area contributed by atoms with E-state index in [0.29, 0.717) is 24.2 Å². The highest BCUT2D eigenvalue weighted by molar-refractivity contribution is 5.85. The summed E-state index contributed by atoms with van der Waals surface area (Å²) in [6.07, 6.45) is 18.3. The van der Waals surface area contributed by atoms with Crippen LogP contribution in [0.15, 0.2) is 28.0 Å². The van der Waals surface area contributed by atoms with Crippen molar-refractivity contribution in [3.05, 3.63) is 23.0 Å². The molecule has 1 saturated heterocycles. The number of allylic oxidation sites excluding steroid dienone is 2. The van der Waals surface area contributed by atoms with Crippen molar-refractivity contribution in [3.8, 4) is 0 Å². The van der Waals surface area contributed by atoms with Crippen LogP contribution < -0.4 is 5.32 Å². The van der Waals surface area contributed by atoms with E-state index in [-0.39, 0.29) is 23.8 Å². The molecule has 0 aromatic rings. The minimum absolute atomic E-state index is 0.00798. The molecule has 7 nitrogen and oxygen atoms in total. The number of rotatable bonds is 9. The minimum Gasteiger partial charge on any atom is -0.445 e. The number of likely N-dealkylation sites (tertiary alicyclic amines) is 1. The van der Waals surface area contributed by atoms with Gasteiger partial charge in [-0.25, -0.2) is 4.99 Å². The fraction of sp³-hybridized carbons (Fsp3) is 0.758. The highest BCUT2D eigenvalue weighted by Gasteiger charge is 2.37. The molecule has 1 unspecified atom stereocenters. The van der Waals surface area contributed by atoms with Crippen molar-refractivity contribution in [2.24, 2.45) is 34.6 Å². The molecule has 0 aromatic carbocycles. The molecule has 2 amide bonds. The number of fused-ring (bicyclic) bond motifs is 1. The van der Waals surface area contributed by atoms with Crippen molar-refractivity contribution in [2.45, 2.75) is 110 Å². The lowest BCUT2D eigenvalue weighted by molar-refractivity contribution is -0.133. The summed E-state index contributed by atoms with van der Waals surface area (Å²) in [7, 11) is 0. The summed E-state index contributed by atoms with van der Waals surface area (Å²) in [6.45, 7) is 6.73. The number of nitrogens with one attached hydrogen (secondary N) is 2. The number of carbonyl (C=O) groups is 2. The predicted octanol–water partition coefficient (Wildman–Crippen LogP) is 6.20. The Kier molecular flexibility index (Phi) is 9.80. The largest absolute Gasteiger partial charge is 0.445 e. The summed E-state index contributed by atoms with van der Waals surface area (Å²) in [5.41, 5.74) is 2.18. The maximum atomic E-state index is 13.0. The van der Waals surface area contributed by atoms with Gasteiger partial charge in [0.1, 0.15) is 11.8 Å². The first-order valence-electron chi connectivity index (χ1n) is 16.2. The number of hydrogen-bond acceptors (Lipinski definition) is 5. The van der Waals surface area contributed by atoms with E-state index in [1.807, 2.05) is 0 Å². The normalized spacial score (nSPS) is 28.1. The minimum atomic E-state index is 0.00798. The maximum Gasteiger partial charge on any atom is 0.223 e. The lowest BCUT2D eigenvalue weighted by Gasteiger charge is -2.33. The Hall–Kier alpha value is -2.44. The van der Waals surface area contributed by atoms with Gasteiger partial charge < -0.3 is 20.4 Å². The summed E-state index contributed by atoms with van der Waals surface area (Å²) in [5, 5.41) is 11.0. The van der Waals surface area contributed by atoms with Crippen LogP contribution in [0.5, 0.6) is 0 Å². The van der Waals surface area contributed by atoms with Crippen molar-refractivity contribution < 1.29 is 14.3 Å². The average molecular weight is 551 g/mol. The van der Waals surface area contributed by atoms with E-state index in [4.69, 9.17) is 15.1 Å². The van der Waals surface area contributed by atoms with E-state index >= 15 is 0 Å². The lowest BCUT2D eigenvalue weighted by Crippen LogP contribution is -2.43. The molecule has 220 valence electrons. The van der Waals surface area contributed by atoms with Crippen LogP contribution in [0.4, 0.5) is 0 Å². The first kappa shape index (κ1) is 29.1. The number of hydrogen-bond donors (Lipinski definition) is 2. The third kappa shape index (κ3) is 7.06. The second-order valence-corrected chi connectivity index (χ2v) is 13.3. The van der Waals surface area contributed by atoms with Crippen LogP contribution in [0.3, 0.4) is 0 Å². The zero-order valence-electron chi connectivity index (χ0n) is 24.8. The predicted molar refractivity (Wildman–Crippen MR) is 159 cm³/mol. The second-order valence-electron chi connectivity index (χ2n) is 13.3. The van der Waals surface area contributed by atoms with Gasteiger partial charge in [0.05, 0.1) is 0 Å². The molecule has 3 fully saturated rings. The molecule has 5 aliphatic rings. The Labute approximate surface area is 240 Å². The van der Waals surface area contributed by atoms with Gasteiger partial charge in [-0.3, -0.25) is 9.59 Å². The summed E-state index contributed by atoms with van der Waals surface area (Å²) in [5.74, 6) is 4.26. The molecular formula is C33H50N4O3. The number of ether oxygens (including phenoxy) is 1. The summed E-state index contributed by atoms with van der Waals surface area (Å²) < 4.78 is 6.35. The number of amides is 2. The van der Waals surface area contributed by atoms with Gasteiger partial charge in [-0.1, -0.05) is 52.0 Å². The number of aliphatic imine (C=N–C) groups is 1. The van der Waals surface area contributed by atoms with Gasteiger partial charge in [0.2, 0.25) is 11.8 Å². The van der Waals surface area contributed by atoms with E-state index in [0.717, 1.165) is 99.7 Å². The molecule has 0 radical (unpaired) electrons. The third-order valence-electron chi connectivity index (χ3n) is 10.1. The second kappa shape index (κ2) is 13.5. The highest BCUT2D eigenvalue weighted by Crippen LogP contribution is 2.39. The molecule has 7 heteroatoms. The van der Waals surface area contributed by atoms with E-state index in [1.54, 1.807) is 0 Å². The molecule has 1 atom stereocenters. The molecular weight excluding hydrogens is 500 g/mol.